The van der Waals surface area contributed by atoms with E-state index in [2.05, 4.69) is 15.3 Å². The van der Waals surface area contributed by atoms with Gasteiger partial charge in [-0.05, 0) is 6.54 Å². The average Bonchev–Trinajstić information content (AvgIpc) is 2.76. The number of ether oxygens (including phenoxy) is 1. The molecule has 0 fully saturated rings. The van der Waals surface area contributed by atoms with Gasteiger partial charge in [-0.2, -0.15) is 0 Å². The maximum atomic E-state index is 11.4. The van der Waals surface area contributed by atoms with Gasteiger partial charge in [0.1, 0.15) is 12.6 Å². The monoisotopic (exact) mass is 226 g/mol. The van der Waals surface area contributed by atoms with Crippen molar-refractivity contribution in [2.45, 2.75) is 19.4 Å². The van der Waals surface area contributed by atoms with Crippen LogP contribution in [0.4, 0.5) is 0 Å². The summed E-state index contributed by atoms with van der Waals surface area (Å²) < 4.78 is 4.99. The van der Waals surface area contributed by atoms with Gasteiger partial charge >= 0.3 is 5.97 Å². The number of carbonyl (C=O) groups is 1. The Morgan fingerprint density at radius 1 is 1.75 bits per heavy atom. The van der Waals surface area contributed by atoms with Crippen LogP contribution in [0.5, 0.6) is 0 Å². The van der Waals surface area contributed by atoms with Crippen molar-refractivity contribution >= 4 is 5.97 Å². The minimum atomic E-state index is -0.637. The molecule has 0 aliphatic carbocycles. The Labute approximate surface area is 94.6 Å². The molecule has 1 aromatic heterocycles. The van der Waals surface area contributed by atoms with E-state index in [-0.39, 0.29) is 5.97 Å². The highest BCUT2D eigenvalue weighted by Crippen LogP contribution is 1.97. The standard InChI is InChI=1S/C10H18N4O2/c1-2-12-3-4-16-10(15)9(11)5-8-6-13-7-14-8/h6-7,9,12H,2-5,11H2,1H3,(H,13,14)/t9-/m0/s1. The lowest BCUT2D eigenvalue weighted by Gasteiger charge is -2.10. The summed E-state index contributed by atoms with van der Waals surface area (Å²) in [4.78, 5) is 18.2. The van der Waals surface area contributed by atoms with Gasteiger partial charge in [0, 0.05) is 24.9 Å². The second-order valence-corrected chi connectivity index (χ2v) is 3.41. The van der Waals surface area contributed by atoms with Gasteiger partial charge in [0.15, 0.2) is 0 Å². The summed E-state index contributed by atoms with van der Waals surface area (Å²) in [5.41, 5.74) is 6.51. The molecule has 0 amide bonds. The number of esters is 1. The van der Waals surface area contributed by atoms with Crippen LogP contribution in [0, 0.1) is 0 Å². The summed E-state index contributed by atoms with van der Waals surface area (Å²) in [5, 5.41) is 3.05. The number of likely N-dealkylation sites (N-methyl/N-ethyl adjacent to an activating group) is 1. The molecule has 0 saturated carbocycles. The molecule has 1 atom stereocenters. The van der Waals surface area contributed by atoms with E-state index in [0.29, 0.717) is 19.6 Å². The quantitative estimate of drug-likeness (QED) is 0.428. The summed E-state index contributed by atoms with van der Waals surface area (Å²) in [6.45, 7) is 3.85. The molecule has 1 aromatic rings. The molecule has 0 spiro atoms. The van der Waals surface area contributed by atoms with E-state index < -0.39 is 6.04 Å². The average molecular weight is 226 g/mol. The summed E-state index contributed by atoms with van der Waals surface area (Å²) >= 11 is 0. The van der Waals surface area contributed by atoms with Crippen LogP contribution in [0.25, 0.3) is 0 Å². The maximum Gasteiger partial charge on any atom is 0.323 e. The lowest BCUT2D eigenvalue weighted by atomic mass is 10.2. The fourth-order valence-electron chi connectivity index (χ4n) is 1.22. The first-order valence-corrected chi connectivity index (χ1v) is 5.34. The van der Waals surface area contributed by atoms with E-state index in [1.807, 2.05) is 6.92 Å². The van der Waals surface area contributed by atoms with E-state index >= 15 is 0 Å². The van der Waals surface area contributed by atoms with Crippen molar-refractivity contribution in [1.29, 1.82) is 0 Å². The zero-order valence-corrected chi connectivity index (χ0v) is 9.40. The minimum absolute atomic E-state index is 0.351. The summed E-state index contributed by atoms with van der Waals surface area (Å²) in [6.07, 6.45) is 3.62. The molecule has 0 aliphatic rings. The number of nitrogens with two attached hydrogens (primary N) is 1. The van der Waals surface area contributed by atoms with Crippen molar-refractivity contribution in [3.63, 3.8) is 0 Å². The van der Waals surface area contributed by atoms with E-state index in [1.165, 1.54) is 0 Å². The second-order valence-electron chi connectivity index (χ2n) is 3.41. The van der Waals surface area contributed by atoms with Crippen molar-refractivity contribution in [3.8, 4) is 0 Å². The zero-order valence-electron chi connectivity index (χ0n) is 9.40. The molecule has 16 heavy (non-hydrogen) atoms. The Kier molecular flexibility index (Phi) is 5.52. The van der Waals surface area contributed by atoms with E-state index in [1.54, 1.807) is 12.5 Å². The maximum absolute atomic E-state index is 11.4. The Bertz CT molecular complexity index is 300. The van der Waals surface area contributed by atoms with Gasteiger partial charge in [-0.25, -0.2) is 4.98 Å². The van der Waals surface area contributed by atoms with Crippen LogP contribution in [0.1, 0.15) is 12.6 Å². The summed E-state index contributed by atoms with van der Waals surface area (Å²) in [5.74, 6) is -0.382. The number of rotatable bonds is 7. The van der Waals surface area contributed by atoms with Crippen LogP contribution in [-0.2, 0) is 16.0 Å². The fourth-order valence-corrected chi connectivity index (χ4v) is 1.22. The van der Waals surface area contributed by atoms with Gasteiger partial charge in [0.25, 0.3) is 0 Å². The molecule has 4 N–H and O–H groups in total. The smallest absolute Gasteiger partial charge is 0.323 e. The Morgan fingerprint density at radius 2 is 2.56 bits per heavy atom. The van der Waals surface area contributed by atoms with Crippen molar-refractivity contribution in [3.05, 3.63) is 18.2 Å². The van der Waals surface area contributed by atoms with Crippen LogP contribution in [0.2, 0.25) is 0 Å². The van der Waals surface area contributed by atoms with E-state index in [9.17, 15) is 4.79 Å². The topological polar surface area (TPSA) is 93.0 Å². The van der Waals surface area contributed by atoms with Gasteiger partial charge in [-0.15, -0.1) is 0 Å². The number of hydrogen-bond donors (Lipinski definition) is 3. The molecular weight excluding hydrogens is 208 g/mol. The first kappa shape index (κ1) is 12.7. The van der Waals surface area contributed by atoms with Crippen molar-refractivity contribution < 1.29 is 9.53 Å². The van der Waals surface area contributed by atoms with Gasteiger partial charge in [0.2, 0.25) is 0 Å². The highest BCUT2D eigenvalue weighted by Gasteiger charge is 2.15. The molecule has 0 radical (unpaired) electrons. The predicted molar refractivity (Wildman–Crippen MR) is 59.8 cm³/mol. The first-order valence-electron chi connectivity index (χ1n) is 5.34. The molecule has 6 heteroatoms. The molecule has 90 valence electrons. The lowest BCUT2D eigenvalue weighted by molar-refractivity contribution is -0.145. The van der Waals surface area contributed by atoms with E-state index in [0.717, 1.165) is 12.2 Å². The van der Waals surface area contributed by atoms with Gasteiger partial charge in [-0.1, -0.05) is 6.92 Å². The van der Waals surface area contributed by atoms with Gasteiger partial charge in [0.05, 0.1) is 6.33 Å². The fraction of sp³-hybridized carbons (Fsp3) is 0.600. The Morgan fingerprint density at radius 3 is 3.19 bits per heavy atom. The second kappa shape index (κ2) is 6.97. The van der Waals surface area contributed by atoms with Crippen LogP contribution in [0.3, 0.4) is 0 Å². The third-order valence-electron chi connectivity index (χ3n) is 2.07. The lowest BCUT2D eigenvalue weighted by Crippen LogP contribution is -2.35. The number of nitrogens with zero attached hydrogens (tertiary/aromatic N) is 1. The van der Waals surface area contributed by atoms with Crippen LogP contribution in [0.15, 0.2) is 12.5 Å². The number of aromatic amines is 1. The number of carbonyl (C=O) groups excluding carboxylic acids is 1. The highest BCUT2D eigenvalue weighted by molar-refractivity contribution is 5.75. The third-order valence-corrected chi connectivity index (χ3v) is 2.07. The molecule has 0 bridgehead atoms. The molecule has 1 heterocycles. The molecule has 0 aromatic carbocycles. The normalized spacial score (nSPS) is 12.4. The molecule has 6 nitrogen and oxygen atoms in total. The molecular formula is C10H18N4O2. The predicted octanol–water partition coefficient (Wildman–Crippen LogP) is -0.568. The zero-order chi connectivity index (χ0) is 11.8. The van der Waals surface area contributed by atoms with Crippen LogP contribution in [-0.4, -0.2) is 41.7 Å². The van der Waals surface area contributed by atoms with Crippen molar-refractivity contribution in [1.82, 2.24) is 15.3 Å². The van der Waals surface area contributed by atoms with E-state index in [4.69, 9.17) is 10.5 Å². The Hall–Kier alpha value is -1.40. The number of H-pyrrole nitrogens is 1. The number of hydrogen-bond acceptors (Lipinski definition) is 5. The largest absolute Gasteiger partial charge is 0.463 e. The van der Waals surface area contributed by atoms with Crippen molar-refractivity contribution in [2.24, 2.45) is 5.73 Å². The molecule has 1 rings (SSSR count). The van der Waals surface area contributed by atoms with Crippen LogP contribution >= 0.6 is 0 Å². The number of nitrogens with one attached hydrogen (secondary N) is 2. The highest BCUT2D eigenvalue weighted by atomic mass is 16.5. The number of aromatic nitrogens is 2. The Balaban J connectivity index is 2.20. The third kappa shape index (κ3) is 4.41. The molecule has 0 unspecified atom stereocenters. The number of imidazole rings is 1. The minimum Gasteiger partial charge on any atom is -0.463 e. The first-order chi connectivity index (χ1) is 7.74. The molecule has 0 saturated heterocycles. The van der Waals surface area contributed by atoms with Crippen LogP contribution < -0.4 is 11.1 Å². The summed E-state index contributed by atoms with van der Waals surface area (Å²) in [7, 11) is 0. The van der Waals surface area contributed by atoms with Gasteiger partial charge < -0.3 is 20.8 Å². The SMILES string of the molecule is CCNCCOC(=O)[C@@H](N)Cc1cnc[nH]1. The van der Waals surface area contributed by atoms with Crippen molar-refractivity contribution in [2.75, 3.05) is 19.7 Å². The van der Waals surface area contributed by atoms with Gasteiger partial charge in [-0.3, -0.25) is 4.79 Å². The molecule has 0 aliphatic heterocycles. The summed E-state index contributed by atoms with van der Waals surface area (Å²) in [6, 6.07) is -0.637.